The van der Waals surface area contributed by atoms with Crippen molar-refractivity contribution in [2.75, 3.05) is 6.61 Å². The third kappa shape index (κ3) is 4.22. The first kappa shape index (κ1) is 12.7. The Bertz CT molecular complexity index is 363. The topological polar surface area (TPSA) is 38.8 Å². The maximum Gasteiger partial charge on any atom is 0.151 e. The van der Waals surface area contributed by atoms with Gasteiger partial charge in [-0.15, -0.1) is 0 Å². The number of carbonyl (C=O) groups excluding carboxylic acids is 1. The molecule has 1 heterocycles. The highest BCUT2D eigenvalue weighted by Gasteiger charge is 2.37. The van der Waals surface area contributed by atoms with Gasteiger partial charge in [0.2, 0.25) is 0 Å². The van der Waals surface area contributed by atoms with Crippen LogP contribution >= 0.6 is 15.9 Å². The van der Waals surface area contributed by atoms with Crippen molar-refractivity contribution >= 4 is 22.2 Å². The molecule has 0 amide bonds. The minimum absolute atomic E-state index is 0.142. The quantitative estimate of drug-likeness (QED) is 0.441. The predicted molar refractivity (Wildman–Crippen MR) is 67.8 cm³/mol. The molecule has 1 aromatic carbocycles. The first-order chi connectivity index (χ1) is 8.29. The van der Waals surface area contributed by atoms with E-state index in [0.29, 0.717) is 13.2 Å². The lowest BCUT2D eigenvalue weighted by Crippen LogP contribution is -2.00. The zero-order chi connectivity index (χ0) is 12.1. The Morgan fingerprint density at radius 3 is 2.76 bits per heavy atom. The summed E-state index contributed by atoms with van der Waals surface area (Å²) in [7, 11) is 0. The average molecular weight is 299 g/mol. The lowest BCUT2D eigenvalue weighted by Gasteiger charge is -2.03. The number of benzene rings is 1. The molecular weight excluding hydrogens is 284 g/mol. The molecule has 0 radical (unpaired) electrons. The van der Waals surface area contributed by atoms with Gasteiger partial charge >= 0.3 is 0 Å². The fourth-order valence-electron chi connectivity index (χ4n) is 1.67. The number of hydrogen-bond donors (Lipinski definition) is 0. The zero-order valence-corrected chi connectivity index (χ0v) is 11.1. The normalized spacial score (nSPS) is 22.4. The number of ether oxygens (including phenoxy) is 2. The summed E-state index contributed by atoms with van der Waals surface area (Å²) in [6.07, 6.45) is 2.70. The molecule has 1 aliphatic heterocycles. The molecule has 1 fully saturated rings. The molecule has 0 unspecified atom stereocenters. The SMILES string of the molecule is O=C[C@H]1O[C@@H]1CCCOCc1ccc(Br)cc1. The maximum atomic E-state index is 10.3. The highest BCUT2D eigenvalue weighted by atomic mass is 79.9. The Morgan fingerprint density at radius 2 is 2.12 bits per heavy atom. The Balaban J connectivity index is 1.54. The lowest BCUT2D eigenvalue weighted by atomic mass is 10.2. The number of hydrogen-bond acceptors (Lipinski definition) is 3. The van der Waals surface area contributed by atoms with Crippen LogP contribution in [0.5, 0.6) is 0 Å². The van der Waals surface area contributed by atoms with Gasteiger partial charge in [-0.05, 0) is 30.5 Å². The van der Waals surface area contributed by atoms with Gasteiger partial charge < -0.3 is 14.3 Å². The molecule has 0 N–H and O–H groups in total. The van der Waals surface area contributed by atoms with Gasteiger partial charge in [-0.2, -0.15) is 0 Å². The fourth-order valence-corrected chi connectivity index (χ4v) is 1.93. The highest BCUT2D eigenvalue weighted by Crippen LogP contribution is 2.24. The Labute approximate surface area is 109 Å². The second-order valence-corrected chi connectivity index (χ2v) is 5.01. The molecule has 17 heavy (non-hydrogen) atoms. The number of carbonyl (C=O) groups is 1. The zero-order valence-electron chi connectivity index (χ0n) is 9.47. The third-order valence-electron chi connectivity index (χ3n) is 2.72. The van der Waals surface area contributed by atoms with Crippen molar-refractivity contribution in [3.05, 3.63) is 34.3 Å². The minimum Gasteiger partial charge on any atom is -0.377 e. The van der Waals surface area contributed by atoms with E-state index in [-0.39, 0.29) is 12.2 Å². The van der Waals surface area contributed by atoms with E-state index in [2.05, 4.69) is 15.9 Å². The summed E-state index contributed by atoms with van der Waals surface area (Å²) in [5, 5.41) is 0. The van der Waals surface area contributed by atoms with Gasteiger partial charge in [-0.3, -0.25) is 0 Å². The molecule has 0 saturated carbocycles. The molecule has 0 aromatic heterocycles. The van der Waals surface area contributed by atoms with Gasteiger partial charge in [0.05, 0.1) is 12.7 Å². The summed E-state index contributed by atoms with van der Waals surface area (Å²) < 4.78 is 11.7. The summed E-state index contributed by atoms with van der Waals surface area (Å²) in [4.78, 5) is 10.3. The number of aldehydes is 1. The van der Waals surface area contributed by atoms with Crippen LogP contribution in [-0.4, -0.2) is 25.1 Å². The molecule has 0 aliphatic carbocycles. The summed E-state index contributed by atoms with van der Waals surface area (Å²) in [5.74, 6) is 0. The molecule has 4 heteroatoms. The standard InChI is InChI=1S/C13H15BrO3/c14-11-5-3-10(4-6-11)9-16-7-1-2-12-13(8-15)17-12/h3-6,8,12-13H,1-2,7,9H2/t12-,13-/m1/s1. The van der Waals surface area contributed by atoms with Crippen LogP contribution in [0.15, 0.2) is 28.7 Å². The van der Waals surface area contributed by atoms with Crippen molar-refractivity contribution in [1.29, 1.82) is 0 Å². The molecule has 0 bridgehead atoms. The van der Waals surface area contributed by atoms with Crippen LogP contribution < -0.4 is 0 Å². The number of epoxide rings is 1. The number of halogens is 1. The van der Waals surface area contributed by atoms with E-state index in [1.807, 2.05) is 24.3 Å². The lowest BCUT2D eigenvalue weighted by molar-refractivity contribution is -0.108. The van der Waals surface area contributed by atoms with E-state index in [0.717, 1.165) is 23.6 Å². The Hall–Kier alpha value is -0.710. The third-order valence-corrected chi connectivity index (χ3v) is 3.24. The van der Waals surface area contributed by atoms with E-state index in [1.54, 1.807) is 0 Å². The monoisotopic (exact) mass is 298 g/mol. The van der Waals surface area contributed by atoms with Crippen LogP contribution in [0.25, 0.3) is 0 Å². The summed E-state index contributed by atoms with van der Waals surface area (Å²) in [6, 6.07) is 8.09. The molecule has 1 aliphatic rings. The van der Waals surface area contributed by atoms with Crippen molar-refractivity contribution in [2.24, 2.45) is 0 Å². The van der Waals surface area contributed by atoms with Crippen molar-refractivity contribution in [2.45, 2.75) is 31.7 Å². The van der Waals surface area contributed by atoms with Crippen LogP contribution in [0.1, 0.15) is 18.4 Å². The second kappa shape index (κ2) is 6.28. The summed E-state index contributed by atoms with van der Waals surface area (Å²) >= 11 is 3.39. The summed E-state index contributed by atoms with van der Waals surface area (Å²) in [6.45, 7) is 1.34. The van der Waals surface area contributed by atoms with E-state index in [4.69, 9.17) is 9.47 Å². The smallest absolute Gasteiger partial charge is 0.151 e. The first-order valence-electron chi connectivity index (χ1n) is 5.72. The molecule has 2 rings (SSSR count). The number of rotatable bonds is 7. The molecule has 1 aromatic rings. The van der Waals surface area contributed by atoms with E-state index in [9.17, 15) is 4.79 Å². The van der Waals surface area contributed by atoms with Crippen molar-refractivity contribution in [1.82, 2.24) is 0 Å². The average Bonchev–Trinajstić information content (AvgIpc) is 3.10. The van der Waals surface area contributed by atoms with E-state index in [1.165, 1.54) is 5.56 Å². The largest absolute Gasteiger partial charge is 0.377 e. The Kier molecular flexibility index (Phi) is 4.71. The van der Waals surface area contributed by atoms with Crippen molar-refractivity contribution in [3.63, 3.8) is 0 Å². The Morgan fingerprint density at radius 1 is 1.35 bits per heavy atom. The highest BCUT2D eigenvalue weighted by molar-refractivity contribution is 9.10. The molecule has 92 valence electrons. The molecule has 3 nitrogen and oxygen atoms in total. The van der Waals surface area contributed by atoms with Crippen LogP contribution in [0.4, 0.5) is 0 Å². The van der Waals surface area contributed by atoms with Crippen molar-refractivity contribution < 1.29 is 14.3 Å². The van der Waals surface area contributed by atoms with Crippen molar-refractivity contribution in [3.8, 4) is 0 Å². The van der Waals surface area contributed by atoms with Crippen LogP contribution in [-0.2, 0) is 20.9 Å². The first-order valence-corrected chi connectivity index (χ1v) is 6.52. The molecule has 0 spiro atoms. The van der Waals surface area contributed by atoms with Crippen LogP contribution in [0, 0.1) is 0 Å². The maximum absolute atomic E-state index is 10.3. The van der Waals surface area contributed by atoms with Gasteiger partial charge in [-0.25, -0.2) is 0 Å². The van der Waals surface area contributed by atoms with Gasteiger partial charge in [0, 0.05) is 11.1 Å². The minimum atomic E-state index is -0.151. The van der Waals surface area contributed by atoms with Gasteiger partial charge in [0.1, 0.15) is 6.10 Å². The van der Waals surface area contributed by atoms with E-state index < -0.39 is 0 Å². The van der Waals surface area contributed by atoms with Gasteiger partial charge in [0.25, 0.3) is 0 Å². The van der Waals surface area contributed by atoms with Gasteiger partial charge in [-0.1, -0.05) is 28.1 Å². The molecule has 2 atom stereocenters. The van der Waals surface area contributed by atoms with Crippen LogP contribution in [0.2, 0.25) is 0 Å². The fraction of sp³-hybridized carbons (Fsp3) is 0.462. The molecular formula is C13H15BrO3. The summed E-state index contributed by atoms with van der Waals surface area (Å²) in [5.41, 5.74) is 1.17. The molecule has 1 saturated heterocycles. The van der Waals surface area contributed by atoms with E-state index >= 15 is 0 Å². The van der Waals surface area contributed by atoms with Crippen LogP contribution in [0.3, 0.4) is 0 Å². The van der Waals surface area contributed by atoms with Gasteiger partial charge in [0.15, 0.2) is 6.29 Å². The second-order valence-electron chi connectivity index (χ2n) is 4.10. The predicted octanol–water partition coefficient (Wildman–Crippen LogP) is 2.71.